The number of aryl methyl sites for hydroxylation is 1. The fraction of sp³-hybridized carbons (Fsp3) is 0.118. The minimum Gasteiger partial charge on any atom is -0.330 e. The zero-order chi connectivity index (χ0) is 18.3. The van der Waals surface area contributed by atoms with Gasteiger partial charge in [-0.2, -0.15) is 0 Å². The van der Waals surface area contributed by atoms with Gasteiger partial charge in [-0.3, -0.25) is 14.0 Å². The number of pyridine rings is 1. The number of aromatic nitrogens is 3. The summed E-state index contributed by atoms with van der Waals surface area (Å²) in [6.07, 6.45) is 1.34. The van der Waals surface area contributed by atoms with E-state index in [1.54, 1.807) is 36.5 Å². The number of hydroxylamine groups is 2. The first-order valence-corrected chi connectivity index (χ1v) is 7.79. The summed E-state index contributed by atoms with van der Waals surface area (Å²) in [5, 5.41) is 4.53. The molecule has 0 saturated heterocycles. The van der Waals surface area contributed by atoms with Crippen LogP contribution in [0.2, 0.25) is 0 Å². The van der Waals surface area contributed by atoms with Crippen LogP contribution in [0.4, 0.5) is 0 Å². The van der Waals surface area contributed by atoms with Crippen LogP contribution in [-0.4, -0.2) is 37.0 Å². The van der Waals surface area contributed by atoms with Gasteiger partial charge in [0.15, 0.2) is 5.65 Å². The number of hydrogen-bond donors (Lipinski definition) is 0. The molecule has 0 unspecified atom stereocenters. The lowest BCUT2D eigenvalue weighted by molar-refractivity contribution is -0.168. The normalized spacial score (nSPS) is 13.3. The van der Waals surface area contributed by atoms with Crippen LogP contribution in [-0.2, 0) is 16.2 Å². The van der Waals surface area contributed by atoms with Crippen molar-refractivity contribution in [1.82, 2.24) is 19.2 Å². The number of hydrogen-bond acceptors (Lipinski definition) is 6. The van der Waals surface area contributed by atoms with E-state index in [4.69, 9.17) is 4.84 Å². The van der Waals surface area contributed by atoms with Crippen LogP contribution in [0.3, 0.4) is 0 Å². The second-order valence-corrected chi connectivity index (χ2v) is 5.60. The SMILES string of the molecule is O=C(CCn1nc2ccccn2c1=O)ON1C(=O)c2ccccc2C1=O. The average molecular weight is 352 g/mol. The molecule has 0 radical (unpaired) electrons. The highest BCUT2D eigenvalue weighted by molar-refractivity contribution is 6.20. The van der Waals surface area contributed by atoms with Crippen LogP contribution in [0.15, 0.2) is 53.5 Å². The summed E-state index contributed by atoms with van der Waals surface area (Å²) in [6, 6.07) is 11.3. The second kappa shape index (κ2) is 5.96. The van der Waals surface area contributed by atoms with Gasteiger partial charge in [-0.05, 0) is 24.3 Å². The molecule has 1 aliphatic rings. The molecule has 130 valence electrons. The third-order valence-corrected chi connectivity index (χ3v) is 3.97. The van der Waals surface area contributed by atoms with E-state index in [1.807, 2.05) is 0 Å². The molecule has 0 saturated carbocycles. The Kier molecular flexibility index (Phi) is 3.61. The molecule has 9 nitrogen and oxygen atoms in total. The maximum Gasteiger partial charge on any atom is 0.350 e. The fourth-order valence-electron chi connectivity index (χ4n) is 2.71. The first-order chi connectivity index (χ1) is 12.6. The summed E-state index contributed by atoms with van der Waals surface area (Å²) in [5.41, 5.74) is 0.420. The smallest absolute Gasteiger partial charge is 0.330 e. The number of fused-ring (bicyclic) bond motifs is 2. The molecule has 3 aromatic rings. The van der Waals surface area contributed by atoms with Crippen molar-refractivity contribution < 1.29 is 19.2 Å². The standard InChI is InChI=1S/C17H12N4O5/c22-14(8-10-20-17(25)19-9-4-3-7-13(19)18-20)26-21-15(23)11-5-1-2-6-12(11)16(21)24/h1-7,9H,8,10H2. The Bertz CT molecular complexity index is 1080. The summed E-state index contributed by atoms with van der Waals surface area (Å²) in [7, 11) is 0. The van der Waals surface area contributed by atoms with Gasteiger partial charge in [0.05, 0.1) is 24.1 Å². The maximum atomic E-state index is 12.1. The summed E-state index contributed by atoms with van der Waals surface area (Å²) in [4.78, 5) is 53.3. The molecule has 0 N–H and O–H groups in total. The number of carbonyl (C=O) groups excluding carboxylic acids is 3. The number of amides is 2. The molecular weight excluding hydrogens is 340 g/mol. The molecule has 3 heterocycles. The Morgan fingerprint density at radius 2 is 1.62 bits per heavy atom. The predicted octanol–water partition coefficient (Wildman–Crippen LogP) is 0.640. The molecule has 2 amide bonds. The molecular formula is C17H12N4O5. The Labute approximate surface area is 146 Å². The quantitative estimate of drug-likeness (QED) is 0.639. The number of nitrogens with zero attached hydrogens (tertiary/aromatic N) is 4. The van der Waals surface area contributed by atoms with Crippen molar-refractivity contribution in [3.8, 4) is 0 Å². The highest BCUT2D eigenvalue weighted by Gasteiger charge is 2.38. The van der Waals surface area contributed by atoms with E-state index >= 15 is 0 Å². The highest BCUT2D eigenvalue weighted by atomic mass is 16.7. The Balaban J connectivity index is 1.45. The predicted molar refractivity (Wildman–Crippen MR) is 87.1 cm³/mol. The highest BCUT2D eigenvalue weighted by Crippen LogP contribution is 2.22. The van der Waals surface area contributed by atoms with Gasteiger partial charge in [0.2, 0.25) is 0 Å². The van der Waals surface area contributed by atoms with Crippen molar-refractivity contribution in [2.24, 2.45) is 0 Å². The summed E-state index contributed by atoms with van der Waals surface area (Å²) in [5.74, 6) is -2.20. The van der Waals surface area contributed by atoms with Gasteiger partial charge in [-0.15, -0.1) is 5.10 Å². The van der Waals surface area contributed by atoms with Crippen molar-refractivity contribution in [1.29, 1.82) is 0 Å². The van der Waals surface area contributed by atoms with Crippen molar-refractivity contribution in [2.75, 3.05) is 0 Å². The molecule has 0 fully saturated rings. The molecule has 1 aromatic carbocycles. The zero-order valence-corrected chi connectivity index (χ0v) is 13.4. The number of rotatable bonds is 4. The monoisotopic (exact) mass is 352 g/mol. The van der Waals surface area contributed by atoms with E-state index in [9.17, 15) is 19.2 Å². The Morgan fingerprint density at radius 1 is 0.962 bits per heavy atom. The van der Waals surface area contributed by atoms with Crippen LogP contribution in [0, 0.1) is 0 Å². The summed E-state index contributed by atoms with van der Waals surface area (Å²) >= 11 is 0. The van der Waals surface area contributed by atoms with E-state index in [2.05, 4.69) is 5.10 Å². The minimum absolute atomic E-state index is 0.0392. The lowest BCUT2D eigenvalue weighted by atomic mass is 10.1. The van der Waals surface area contributed by atoms with Crippen LogP contribution < -0.4 is 5.69 Å². The van der Waals surface area contributed by atoms with Gasteiger partial charge in [0.25, 0.3) is 11.8 Å². The van der Waals surface area contributed by atoms with E-state index in [-0.39, 0.29) is 24.1 Å². The van der Waals surface area contributed by atoms with Crippen LogP contribution >= 0.6 is 0 Å². The lowest BCUT2D eigenvalue weighted by Gasteiger charge is -2.12. The fourth-order valence-corrected chi connectivity index (χ4v) is 2.71. The van der Waals surface area contributed by atoms with Crippen molar-refractivity contribution >= 4 is 23.4 Å². The third-order valence-electron chi connectivity index (χ3n) is 3.97. The third kappa shape index (κ3) is 2.46. The average Bonchev–Trinajstić information content (AvgIpc) is 3.10. The minimum atomic E-state index is -0.816. The first kappa shape index (κ1) is 15.8. The largest absolute Gasteiger partial charge is 0.350 e. The van der Waals surface area contributed by atoms with Crippen molar-refractivity contribution in [3.63, 3.8) is 0 Å². The molecule has 0 spiro atoms. The zero-order valence-electron chi connectivity index (χ0n) is 13.4. The van der Waals surface area contributed by atoms with E-state index in [1.165, 1.54) is 16.5 Å². The molecule has 26 heavy (non-hydrogen) atoms. The summed E-state index contributed by atoms with van der Waals surface area (Å²) < 4.78 is 2.47. The van der Waals surface area contributed by atoms with Gasteiger partial charge in [0.1, 0.15) is 0 Å². The topological polar surface area (TPSA) is 103 Å². The molecule has 0 aliphatic carbocycles. The second-order valence-electron chi connectivity index (χ2n) is 5.60. The van der Waals surface area contributed by atoms with Crippen LogP contribution in [0.1, 0.15) is 27.1 Å². The van der Waals surface area contributed by atoms with Gasteiger partial charge in [-0.25, -0.2) is 14.3 Å². The van der Waals surface area contributed by atoms with E-state index in [0.717, 1.165) is 4.68 Å². The van der Waals surface area contributed by atoms with Gasteiger partial charge < -0.3 is 4.84 Å². The Hall–Kier alpha value is -3.75. The Morgan fingerprint density at radius 3 is 2.27 bits per heavy atom. The van der Waals surface area contributed by atoms with E-state index < -0.39 is 23.5 Å². The molecule has 4 rings (SSSR count). The van der Waals surface area contributed by atoms with E-state index in [0.29, 0.717) is 10.7 Å². The summed E-state index contributed by atoms with van der Waals surface area (Å²) in [6.45, 7) is -0.0392. The molecule has 0 atom stereocenters. The van der Waals surface area contributed by atoms with Crippen molar-refractivity contribution in [3.05, 3.63) is 70.3 Å². The van der Waals surface area contributed by atoms with Gasteiger partial charge >= 0.3 is 11.7 Å². The molecule has 9 heteroatoms. The number of carbonyl (C=O) groups is 3. The molecule has 1 aliphatic heterocycles. The lowest BCUT2D eigenvalue weighted by Crippen LogP contribution is -2.33. The number of benzene rings is 1. The molecule has 0 bridgehead atoms. The van der Waals surface area contributed by atoms with Gasteiger partial charge in [-0.1, -0.05) is 23.3 Å². The van der Waals surface area contributed by atoms with Gasteiger partial charge in [0, 0.05) is 6.20 Å². The van der Waals surface area contributed by atoms with Crippen LogP contribution in [0.5, 0.6) is 0 Å². The van der Waals surface area contributed by atoms with Crippen molar-refractivity contribution in [2.45, 2.75) is 13.0 Å². The number of imide groups is 1. The first-order valence-electron chi connectivity index (χ1n) is 7.79. The molecule has 2 aromatic heterocycles. The maximum absolute atomic E-state index is 12.1. The van der Waals surface area contributed by atoms with Crippen LogP contribution in [0.25, 0.3) is 5.65 Å².